The smallest absolute Gasteiger partial charge is 0.325 e. The number of nitrogens with zero attached hydrogens (tertiary/aromatic N) is 2. The zero-order valence-electron chi connectivity index (χ0n) is 16.2. The normalized spacial score (nSPS) is 18.0. The Hall–Kier alpha value is -3.36. The number of methoxy groups -OCH3 is 1. The molecule has 1 aromatic heterocycles. The van der Waals surface area contributed by atoms with Gasteiger partial charge in [0, 0.05) is 11.6 Å². The van der Waals surface area contributed by atoms with Crippen molar-refractivity contribution < 1.29 is 19.1 Å². The molecule has 2 fully saturated rings. The Labute approximate surface area is 167 Å². The largest absolute Gasteiger partial charge is 0.496 e. The van der Waals surface area contributed by atoms with Crippen molar-refractivity contribution in [2.75, 3.05) is 19.0 Å². The van der Waals surface area contributed by atoms with Gasteiger partial charge in [0.2, 0.25) is 5.91 Å². The second-order valence-corrected chi connectivity index (χ2v) is 7.38. The number of urea groups is 1. The van der Waals surface area contributed by atoms with Crippen LogP contribution in [0.5, 0.6) is 5.75 Å². The molecule has 0 unspecified atom stereocenters. The van der Waals surface area contributed by atoms with Gasteiger partial charge in [-0.15, -0.1) is 0 Å². The van der Waals surface area contributed by atoms with Crippen molar-refractivity contribution in [1.82, 2.24) is 20.4 Å². The van der Waals surface area contributed by atoms with E-state index in [0.717, 1.165) is 29.7 Å². The maximum Gasteiger partial charge on any atom is 0.325 e. The van der Waals surface area contributed by atoms with Gasteiger partial charge in [0.1, 0.15) is 17.8 Å². The lowest BCUT2D eigenvalue weighted by Crippen LogP contribution is -2.48. The monoisotopic (exact) mass is 397 g/mol. The quantitative estimate of drug-likeness (QED) is 0.669. The van der Waals surface area contributed by atoms with Crippen LogP contribution in [0.4, 0.5) is 10.6 Å². The average molecular weight is 397 g/mol. The van der Waals surface area contributed by atoms with Crippen LogP contribution < -0.4 is 15.4 Å². The predicted octanol–water partition coefficient (Wildman–Crippen LogP) is 2.28. The fourth-order valence-electron chi connectivity index (χ4n) is 4.03. The first-order valence-electron chi connectivity index (χ1n) is 9.65. The van der Waals surface area contributed by atoms with Crippen molar-refractivity contribution >= 4 is 23.7 Å². The number of carbonyl (C=O) groups excluding carboxylic acids is 3. The van der Waals surface area contributed by atoms with E-state index in [1.165, 1.54) is 0 Å². The summed E-state index contributed by atoms with van der Waals surface area (Å²) < 4.78 is 5.33. The van der Waals surface area contributed by atoms with E-state index in [-0.39, 0.29) is 12.5 Å². The van der Waals surface area contributed by atoms with Crippen molar-refractivity contribution in [1.29, 1.82) is 0 Å². The highest BCUT2D eigenvalue weighted by Crippen LogP contribution is 2.33. The van der Waals surface area contributed by atoms with Crippen molar-refractivity contribution in [3.8, 4) is 17.0 Å². The number of ether oxygens (including phenoxy) is 1. The maximum absolute atomic E-state index is 12.8. The topological polar surface area (TPSA) is 116 Å². The molecule has 29 heavy (non-hydrogen) atoms. The maximum atomic E-state index is 12.8. The van der Waals surface area contributed by atoms with Crippen molar-refractivity contribution in [3.05, 3.63) is 30.3 Å². The molecule has 9 nitrogen and oxygen atoms in total. The standard InChI is InChI=1S/C20H23N5O4/c1-29-15-8-4-3-7-13(15)14-11-16(24-23-14)21-17(26)12-25-18(27)20(22-19(25)28)9-5-2-6-10-20/h3-4,7-8,11H,2,5-6,9-10,12H2,1H3,(H,22,28)(H2,21,23,24,26). The molecule has 0 atom stereocenters. The summed E-state index contributed by atoms with van der Waals surface area (Å²) in [5.41, 5.74) is 0.643. The molecule has 1 aliphatic heterocycles. The molecular formula is C20H23N5O4. The Kier molecular flexibility index (Phi) is 4.96. The van der Waals surface area contributed by atoms with Gasteiger partial charge in [0.15, 0.2) is 5.82 Å². The lowest BCUT2D eigenvalue weighted by Gasteiger charge is -2.30. The van der Waals surface area contributed by atoms with E-state index in [4.69, 9.17) is 4.74 Å². The number of amides is 4. The minimum atomic E-state index is -0.834. The molecule has 4 amide bonds. The Morgan fingerprint density at radius 3 is 2.76 bits per heavy atom. The molecule has 1 saturated carbocycles. The van der Waals surface area contributed by atoms with Gasteiger partial charge in [0.25, 0.3) is 5.91 Å². The summed E-state index contributed by atoms with van der Waals surface area (Å²) in [6.45, 7) is -0.344. The number of rotatable bonds is 5. The number of hydrogen-bond acceptors (Lipinski definition) is 5. The van der Waals surface area contributed by atoms with Crippen LogP contribution in [0.25, 0.3) is 11.3 Å². The molecule has 9 heteroatoms. The van der Waals surface area contributed by atoms with Gasteiger partial charge in [-0.3, -0.25) is 19.6 Å². The Morgan fingerprint density at radius 1 is 1.24 bits per heavy atom. The first kappa shape index (κ1) is 19.0. The first-order chi connectivity index (χ1) is 14.0. The second-order valence-electron chi connectivity index (χ2n) is 7.38. The number of anilines is 1. The van der Waals surface area contributed by atoms with Crippen molar-refractivity contribution in [3.63, 3.8) is 0 Å². The van der Waals surface area contributed by atoms with E-state index in [1.807, 2.05) is 24.3 Å². The van der Waals surface area contributed by atoms with E-state index < -0.39 is 17.5 Å². The van der Waals surface area contributed by atoms with Gasteiger partial charge >= 0.3 is 6.03 Å². The van der Waals surface area contributed by atoms with Crippen LogP contribution in [0.2, 0.25) is 0 Å². The molecule has 0 bridgehead atoms. The summed E-state index contributed by atoms with van der Waals surface area (Å²) >= 11 is 0. The molecule has 2 aliphatic rings. The Bertz CT molecular complexity index is 948. The predicted molar refractivity (Wildman–Crippen MR) is 105 cm³/mol. The number of nitrogens with one attached hydrogen (secondary N) is 3. The van der Waals surface area contributed by atoms with E-state index in [1.54, 1.807) is 13.2 Å². The molecule has 1 aromatic carbocycles. The first-order valence-corrected chi connectivity index (χ1v) is 9.65. The summed E-state index contributed by atoms with van der Waals surface area (Å²) in [5, 5.41) is 12.4. The highest BCUT2D eigenvalue weighted by Gasteiger charge is 2.51. The SMILES string of the molecule is COc1ccccc1-c1cc(NC(=O)CN2C(=O)NC3(CCCCC3)C2=O)n[nH]1. The third kappa shape index (κ3) is 3.55. The summed E-state index contributed by atoms with van der Waals surface area (Å²) in [7, 11) is 1.58. The molecule has 1 aliphatic carbocycles. The van der Waals surface area contributed by atoms with Gasteiger partial charge in [-0.2, -0.15) is 5.10 Å². The average Bonchev–Trinajstić information content (AvgIpc) is 3.27. The van der Waals surface area contributed by atoms with Crippen LogP contribution in [0.1, 0.15) is 32.1 Å². The molecule has 1 spiro atoms. The third-order valence-electron chi connectivity index (χ3n) is 5.50. The number of carbonyl (C=O) groups is 3. The number of aromatic amines is 1. The highest BCUT2D eigenvalue weighted by atomic mass is 16.5. The van der Waals surface area contributed by atoms with Gasteiger partial charge < -0.3 is 15.4 Å². The van der Waals surface area contributed by atoms with Crippen LogP contribution in [-0.2, 0) is 9.59 Å². The number of imide groups is 1. The van der Waals surface area contributed by atoms with E-state index in [9.17, 15) is 14.4 Å². The summed E-state index contributed by atoms with van der Waals surface area (Å²) in [5.74, 6) is 0.176. The number of hydrogen-bond donors (Lipinski definition) is 3. The molecule has 1 saturated heterocycles. The van der Waals surface area contributed by atoms with Crippen LogP contribution >= 0.6 is 0 Å². The van der Waals surface area contributed by atoms with E-state index in [0.29, 0.717) is 30.1 Å². The zero-order chi connectivity index (χ0) is 20.4. The van der Waals surface area contributed by atoms with Gasteiger partial charge in [-0.25, -0.2) is 4.79 Å². The van der Waals surface area contributed by atoms with Gasteiger partial charge in [-0.1, -0.05) is 31.4 Å². The summed E-state index contributed by atoms with van der Waals surface area (Å²) in [6, 6.07) is 8.59. The summed E-state index contributed by atoms with van der Waals surface area (Å²) in [6.07, 6.45) is 4.09. The van der Waals surface area contributed by atoms with E-state index >= 15 is 0 Å². The molecule has 3 N–H and O–H groups in total. The molecule has 152 valence electrons. The number of H-pyrrole nitrogens is 1. The second kappa shape index (κ2) is 7.57. The highest BCUT2D eigenvalue weighted by molar-refractivity contribution is 6.10. The minimum Gasteiger partial charge on any atom is -0.496 e. The zero-order valence-corrected chi connectivity index (χ0v) is 16.2. The Balaban J connectivity index is 1.42. The number of aromatic nitrogens is 2. The van der Waals surface area contributed by atoms with Gasteiger partial charge in [0.05, 0.1) is 12.8 Å². The molecule has 0 radical (unpaired) electrons. The van der Waals surface area contributed by atoms with Crippen LogP contribution in [0.3, 0.4) is 0 Å². The molecule has 2 heterocycles. The van der Waals surface area contributed by atoms with E-state index in [2.05, 4.69) is 20.8 Å². The van der Waals surface area contributed by atoms with Crippen molar-refractivity contribution in [2.24, 2.45) is 0 Å². The fraction of sp³-hybridized carbons (Fsp3) is 0.400. The molecule has 4 rings (SSSR count). The minimum absolute atomic E-state index is 0.301. The van der Waals surface area contributed by atoms with Crippen LogP contribution in [-0.4, -0.2) is 52.1 Å². The fourth-order valence-corrected chi connectivity index (χ4v) is 4.03. The Morgan fingerprint density at radius 2 is 2.00 bits per heavy atom. The molecule has 2 aromatic rings. The molecular weight excluding hydrogens is 374 g/mol. The summed E-state index contributed by atoms with van der Waals surface area (Å²) in [4.78, 5) is 38.5. The number of benzene rings is 1. The van der Waals surface area contributed by atoms with Gasteiger partial charge in [-0.05, 0) is 25.0 Å². The lowest BCUT2D eigenvalue weighted by atomic mass is 9.82. The third-order valence-corrected chi connectivity index (χ3v) is 5.50. The lowest BCUT2D eigenvalue weighted by molar-refractivity contribution is -0.134. The van der Waals surface area contributed by atoms with Crippen molar-refractivity contribution in [2.45, 2.75) is 37.6 Å². The van der Waals surface area contributed by atoms with Crippen LogP contribution in [0, 0.1) is 0 Å². The van der Waals surface area contributed by atoms with Crippen LogP contribution in [0.15, 0.2) is 30.3 Å². The number of para-hydroxylation sites is 1.